The van der Waals surface area contributed by atoms with Gasteiger partial charge in [0.25, 0.3) is 5.91 Å². The van der Waals surface area contributed by atoms with Crippen molar-refractivity contribution in [2.24, 2.45) is 0 Å². The minimum Gasteiger partial charge on any atom is -0.383 e. The van der Waals surface area contributed by atoms with Gasteiger partial charge in [-0.25, -0.2) is 0 Å². The molecule has 1 amide bonds. The molecule has 0 spiro atoms. The largest absolute Gasteiger partial charge is 0.383 e. The number of methoxy groups -OCH3 is 1. The second-order valence-electron chi connectivity index (χ2n) is 6.04. The maximum atomic E-state index is 12.6. The molecule has 26 heavy (non-hydrogen) atoms. The number of halogens is 1. The first-order valence-corrected chi connectivity index (χ1v) is 8.81. The van der Waals surface area contributed by atoms with Crippen LogP contribution in [0.4, 0.5) is 0 Å². The number of aromatic nitrogens is 2. The van der Waals surface area contributed by atoms with Crippen molar-refractivity contribution in [3.8, 4) is 11.3 Å². The molecule has 5 nitrogen and oxygen atoms in total. The predicted octanol–water partition coefficient (Wildman–Crippen LogP) is 4.11. The fourth-order valence-corrected chi connectivity index (χ4v) is 2.90. The lowest BCUT2D eigenvalue weighted by molar-refractivity contribution is 0.0895. The van der Waals surface area contributed by atoms with Crippen molar-refractivity contribution >= 4 is 28.3 Å². The van der Waals surface area contributed by atoms with Gasteiger partial charge in [0.15, 0.2) is 0 Å². The Morgan fingerprint density at radius 1 is 1.23 bits per heavy atom. The number of rotatable bonds is 6. The summed E-state index contributed by atoms with van der Waals surface area (Å²) < 4.78 is 5.14. The molecule has 0 radical (unpaired) electrons. The van der Waals surface area contributed by atoms with Crippen molar-refractivity contribution in [2.75, 3.05) is 13.7 Å². The van der Waals surface area contributed by atoms with Crippen LogP contribution in [0, 0.1) is 0 Å². The molecule has 0 saturated carbocycles. The van der Waals surface area contributed by atoms with Crippen LogP contribution in [-0.2, 0) is 4.74 Å². The molecule has 3 rings (SSSR count). The Morgan fingerprint density at radius 2 is 2.00 bits per heavy atom. The van der Waals surface area contributed by atoms with E-state index in [-0.39, 0.29) is 11.9 Å². The number of nitrogens with zero attached hydrogens (tertiary/aromatic N) is 2. The third kappa shape index (κ3) is 4.00. The average Bonchev–Trinajstić information content (AvgIpc) is 2.67. The third-order valence-corrected chi connectivity index (χ3v) is 4.49. The van der Waals surface area contributed by atoms with E-state index in [1.54, 1.807) is 19.4 Å². The lowest BCUT2D eigenvalue weighted by atomic mass is 10.0. The maximum Gasteiger partial charge on any atom is 0.251 e. The highest BCUT2D eigenvalue weighted by atomic mass is 35.5. The number of fused-ring (bicyclic) bond motifs is 1. The molecule has 0 saturated heterocycles. The SMILES string of the molecule is CCC(COC)NC(=O)c1ccc2cnnc(-c3ccc(Cl)cc3)c2c1. The van der Waals surface area contributed by atoms with Crippen molar-refractivity contribution in [3.63, 3.8) is 0 Å². The van der Waals surface area contributed by atoms with Gasteiger partial charge in [-0.3, -0.25) is 4.79 Å². The van der Waals surface area contributed by atoms with Gasteiger partial charge in [-0.2, -0.15) is 5.10 Å². The molecule has 1 atom stereocenters. The number of amides is 1. The minimum absolute atomic E-state index is 0.0190. The van der Waals surface area contributed by atoms with Gasteiger partial charge in [-0.15, -0.1) is 5.10 Å². The van der Waals surface area contributed by atoms with Gasteiger partial charge in [0.2, 0.25) is 0 Å². The topological polar surface area (TPSA) is 64.1 Å². The molecule has 1 aromatic heterocycles. The molecule has 3 aromatic rings. The molecular weight excluding hydrogens is 350 g/mol. The molecule has 1 heterocycles. The Hall–Kier alpha value is -2.50. The second-order valence-corrected chi connectivity index (χ2v) is 6.47. The summed E-state index contributed by atoms with van der Waals surface area (Å²) in [6, 6.07) is 12.9. The molecule has 0 fully saturated rings. The number of nitrogens with one attached hydrogen (secondary N) is 1. The summed E-state index contributed by atoms with van der Waals surface area (Å²) in [7, 11) is 1.63. The standard InChI is InChI=1S/C20H20ClN3O2/c1-3-17(12-26-2)23-20(25)14-4-5-15-11-22-24-19(18(15)10-14)13-6-8-16(21)9-7-13/h4-11,17H,3,12H2,1-2H3,(H,23,25). The second kappa shape index (κ2) is 8.25. The monoisotopic (exact) mass is 369 g/mol. The van der Waals surface area contributed by atoms with E-state index in [1.165, 1.54) is 0 Å². The first-order chi connectivity index (χ1) is 12.6. The fourth-order valence-electron chi connectivity index (χ4n) is 2.77. The summed E-state index contributed by atoms with van der Waals surface area (Å²) in [5.41, 5.74) is 2.20. The van der Waals surface area contributed by atoms with Gasteiger partial charge in [-0.05, 0) is 30.7 Å². The van der Waals surface area contributed by atoms with Crippen LogP contribution in [0.2, 0.25) is 5.02 Å². The summed E-state index contributed by atoms with van der Waals surface area (Å²) in [5.74, 6) is -0.130. The highest BCUT2D eigenvalue weighted by Gasteiger charge is 2.14. The fraction of sp³-hybridized carbons (Fsp3) is 0.250. The summed E-state index contributed by atoms with van der Waals surface area (Å²) >= 11 is 5.97. The zero-order chi connectivity index (χ0) is 18.5. The van der Waals surface area contributed by atoms with Crippen LogP contribution < -0.4 is 5.32 Å². The molecular formula is C20H20ClN3O2. The molecule has 0 aliphatic heterocycles. The van der Waals surface area contributed by atoms with Gasteiger partial charge in [0.05, 0.1) is 18.8 Å². The summed E-state index contributed by atoms with van der Waals surface area (Å²) in [5, 5.41) is 13.8. The van der Waals surface area contributed by atoms with E-state index in [4.69, 9.17) is 16.3 Å². The highest BCUT2D eigenvalue weighted by molar-refractivity contribution is 6.30. The molecule has 6 heteroatoms. The lowest BCUT2D eigenvalue weighted by Gasteiger charge is -2.16. The van der Waals surface area contributed by atoms with E-state index >= 15 is 0 Å². The van der Waals surface area contributed by atoms with E-state index in [1.807, 2.05) is 43.3 Å². The summed E-state index contributed by atoms with van der Waals surface area (Å²) in [6.07, 6.45) is 2.49. The zero-order valence-electron chi connectivity index (χ0n) is 14.7. The zero-order valence-corrected chi connectivity index (χ0v) is 15.5. The van der Waals surface area contributed by atoms with Crippen molar-refractivity contribution in [1.29, 1.82) is 0 Å². The van der Waals surface area contributed by atoms with E-state index in [9.17, 15) is 4.79 Å². The van der Waals surface area contributed by atoms with E-state index in [0.29, 0.717) is 17.2 Å². The molecule has 2 aromatic carbocycles. The number of hydrogen-bond donors (Lipinski definition) is 1. The smallest absolute Gasteiger partial charge is 0.251 e. The van der Waals surface area contributed by atoms with Gasteiger partial charge in [0.1, 0.15) is 5.69 Å². The molecule has 0 aliphatic carbocycles. The normalized spacial score (nSPS) is 12.1. The first kappa shape index (κ1) is 18.3. The Bertz CT molecular complexity index is 913. The number of carbonyl (C=O) groups excluding carboxylic acids is 1. The summed E-state index contributed by atoms with van der Waals surface area (Å²) in [6.45, 7) is 2.50. The quantitative estimate of drug-likeness (QED) is 0.710. The lowest BCUT2D eigenvalue weighted by Crippen LogP contribution is -2.37. The Morgan fingerprint density at radius 3 is 2.69 bits per heavy atom. The van der Waals surface area contributed by atoms with Gasteiger partial charge in [-0.1, -0.05) is 36.7 Å². The predicted molar refractivity (Wildman–Crippen MR) is 103 cm³/mol. The number of benzene rings is 2. The third-order valence-electron chi connectivity index (χ3n) is 4.24. The molecule has 0 aliphatic rings. The van der Waals surface area contributed by atoms with Gasteiger partial charge < -0.3 is 10.1 Å². The number of hydrogen-bond acceptors (Lipinski definition) is 4. The minimum atomic E-state index is -0.130. The maximum absolute atomic E-state index is 12.6. The van der Waals surface area contributed by atoms with E-state index in [2.05, 4.69) is 15.5 Å². The molecule has 1 unspecified atom stereocenters. The Balaban J connectivity index is 1.98. The van der Waals surface area contributed by atoms with Crippen LogP contribution >= 0.6 is 11.6 Å². The van der Waals surface area contributed by atoms with Crippen molar-refractivity contribution < 1.29 is 9.53 Å². The van der Waals surface area contributed by atoms with Crippen molar-refractivity contribution in [1.82, 2.24) is 15.5 Å². The van der Waals surface area contributed by atoms with Crippen LogP contribution in [0.3, 0.4) is 0 Å². The van der Waals surface area contributed by atoms with Crippen LogP contribution in [0.15, 0.2) is 48.7 Å². The summed E-state index contributed by atoms with van der Waals surface area (Å²) in [4.78, 5) is 12.6. The van der Waals surface area contributed by atoms with Crippen LogP contribution in [0.1, 0.15) is 23.7 Å². The molecule has 0 bridgehead atoms. The molecule has 1 N–H and O–H groups in total. The molecule has 134 valence electrons. The Kier molecular flexibility index (Phi) is 5.81. The van der Waals surface area contributed by atoms with Crippen molar-refractivity contribution in [3.05, 3.63) is 59.2 Å². The van der Waals surface area contributed by atoms with Gasteiger partial charge >= 0.3 is 0 Å². The highest BCUT2D eigenvalue weighted by Crippen LogP contribution is 2.27. The van der Waals surface area contributed by atoms with Crippen molar-refractivity contribution in [2.45, 2.75) is 19.4 Å². The first-order valence-electron chi connectivity index (χ1n) is 8.43. The van der Waals surface area contributed by atoms with E-state index < -0.39 is 0 Å². The number of ether oxygens (including phenoxy) is 1. The average molecular weight is 370 g/mol. The van der Waals surface area contributed by atoms with E-state index in [0.717, 1.165) is 28.5 Å². The van der Waals surface area contributed by atoms with Crippen LogP contribution in [-0.4, -0.2) is 35.9 Å². The van der Waals surface area contributed by atoms with Crippen LogP contribution in [0.25, 0.3) is 22.0 Å². The van der Waals surface area contributed by atoms with Gasteiger partial charge in [0, 0.05) is 34.0 Å². The number of carbonyl (C=O) groups is 1. The Labute approximate surface area is 157 Å². The van der Waals surface area contributed by atoms with Crippen LogP contribution in [0.5, 0.6) is 0 Å².